The SMILES string of the molecule is CCOc1ccc(NC(=O)[C@@H]2Sc3nnc(COc4ccccc4)n3N[C@@H]2c2ccccc2)cc1. The van der Waals surface area contributed by atoms with Gasteiger partial charge in [-0.2, -0.15) is 0 Å². The summed E-state index contributed by atoms with van der Waals surface area (Å²) in [5.74, 6) is 2.01. The van der Waals surface area contributed by atoms with Crippen molar-refractivity contribution in [2.45, 2.75) is 30.0 Å². The lowest BCUT2D eigenvalue weighted by Crippen LogP contribution is -2.41. The molecule has 1 aliphatic rings. The Bertz CT molecular complexity index is 1270. The number of fused-ring (bicyclic) bond motifs is 1. The van der Waals surface area contributed by atoms with Crippen LogP contribution in [0.25, 0.3) is 0 Å². The summed E-state index contributed by atoms with van der Waals surface area (Å²) < 4.78 is 13.2. The molecule has 5 rings (SSSR count). The number of ether oxygens (including phenoxy) is 2. The van der Waals surface area contributed by atoms with Crippen molar-refractivity contribution in [1.82, 2.24) is 14.9 Å². The quantitative estimate of drug-likeness (QED) is 0.374. The predicted molar refractivity (Wildman–Crippen MR) is 135 cm³/mol. The number of hydrogen-bond donors (Lipinski definition) is 2. The molecular formula is C26H25N5O3S. The smallest absolute Gasteiger partial charge is 0.240 e. The summed E-state index contributed by atoms with van der Waals surface area (Å²) >= 11 is 1.38. The molecule has 1 amide bonds. The second-order valence-corrected chi connectivity index (χ2v) is 8.95. The fourth-order valence-corrected chi connectivity index (χ4v) is 4.88. The minimum absolute atomic E-state index is 0.128. The monoisotopic (exact) mass is 487 g/mol. The van der Waals surface area contributed by atoms with E-state index in [9.17, 15) is 4.79 Å². The fraction of sp³-hybridized carbons (Fsp3) is 0.192. The van der Waals surface area contributed by atoms with Crippen LogP contribution in [0.15, 0.2) is 90.1 Å². The van der Waals surface area contributed by atoms with Crippen LogP contribution in [-0.4, -0.2) is 32.6 Å². The lowest BCUT2D eigenvalue weighted by molar-refractivity contribution is -0.116. The van der Waals surface area contributed by atoms with Gasteiger partial charge in [0.1, 0.15) is 23.4 Å². The molecule has 0 bridgehead atoms. The van der Waals surface area contributed by atoms with Gasteiger partial charge in [-0.05, 0) is 48.9 Å². The van der Waals surface area contributed by atoms with Gasteiger partial charge >= 0.3 is 0 Å². The summed E-state index contributed by atoms with van der Waals surface area (Å²) in [6.45, 7) is 2.77. The van der Waals surface area contributed by atoms with Gasteiger partial charge in [-0.3, -0.25) is 4.79 Å². The molecule has 2 heterocycles. The van der Waals surface area contributed by atoms with Crippen LogP contribution in [0.2, 0.25) is 0 Å². The molecule has 1 aliphatic heterocycles. The van der Waals surface area contributed by atoms with E-state index in [1.54, 1.807) is 0 Å². The van der Waals surface area contributed by atoms with Crippen LogP contribution in [0.3, 0.4) is 0 Å². The van der Waals surface area contributed by atoms with Crippen LogP contribution in [0.1, 0.15) is 24.4 Å². The molecule has 1 aromatic heterocycles. The van der Waals surface area contributed by atoms with Gasteiger partial charge in [0.05, 0.1) is 12.6 Å². The van der Waals surface area contributed by atoms with E-state index >= 15 is 0 Å². The number of carbonyl (C=O) groups is 1. The van der Waals surface area contributed by atoms with E-state index in [4.69, 9.17) is 9.47 Å². The summed E-state index contributed by atoms with van der Waals surface area (Å²) in [6.07, 6.45) is 0. The van der Waals surface area contributed by atoms with Crippen LogP contribution < -0.4 is 20.2 Å². The van der Waals surface area contributed by atoms with Crippen molar-refractivity contribution in [3.8, 4) is 11.5 Å². The highest BCUT2D eigenvalue weighted by Gasteiger charge is 2.38. The maximum atomic E-state index is 13.4. The lowest BCUT2D eigenvalue weighted by Gasteiger charge is -2.33. The first-order valence-electron chi connectivity index (χ1n) is 11.4. The minimum Gasteiger partial charge on any atom is -0.494 e. The van der Waals surface area contributed by atoms with Gasteiger partial charge in [0, 0.05) is 5.69 Å². The topological polar surface area (TPSA) is 90.3 Å². The maximum absolute atomic E-state index is 13.4. The average Bonchev–Trinajstić information content (AvgIpc) is 3.31. The van der Waals surface area contributed by atoms with Gasteiger partial charge < -0.3 is 20.2 Å². The van der Waals surface area contributed by atoms with E-state index in [1.807, 2.05) is 96.5 Å². The van der Waals surface area contributed by atoms with Crippen LogP contribution in [0.4, 0.5) is 5.69 Å². The van der Waals surface area contributed by atoms with Crippen LogP contribution >= 0.6 is 11.8 Å². The second-order valence-electron chi connectivity index (χ2n) is 7.84. The highest BCUT2D eigenvalue weighted by Crippen LogP contribution is 2.37. The molecular weight excluding hydrogens is 462 g/mol. The van der Waals surface area contributed by atoms with E-state index in [0.717, 1.165) is 17.1 Å². The van der Waals surface area contributed by atoms with Crippen molar-refractivity contribution in [2.75, 3.05) is 17.3 Å². The van der Waals surface area contributed by atoms with E-state index in [2.05, 4.69) is 20.9 Å². The highest BCUT2D eigenvalue weighted by molar-refractivity contribution is 8.00. The first kappa shape index (κ1) is 22.8. The molecule has 178 valence electrons. The van der Waals surface area contributed by atoms with Crippen molar-refractivity contribution in [3.63, 3.8) is 0 Å². The molecule has 0 fully saturated rings. The van der Waals surface area contributed by atoms with E-state index in [1.165, 1.54) is 11.8 Å². The maximum Gasteiger partial charge on any atom is 0.240 e. The molecule has 0 aliphatic carbocycles. The number of benzene rings is 3. The molecule has 2 N–H and O–H groups in total. The molecule has 3 aromatic carbocycles. The van der Waals surface area contributed by atoms with Gasteiger partial charge in [0.25, 0.3) is 0 Å². The standard InChI is InChI=1S/C26H25N5O3S/c1-2-33-21-15-13-19(14-16-21)27-25(32)24-23(18-9-5-3-6-10-18)30-31-22(28-29-26(31)35-24)17-34-20-11-7-4-8-12-20/h3-16,23-24,30H,2,17H2,1H3,(H,27,32)/t23-,24-/m1/s1. The summed E-state index contributed by atoms with van der Waals surface area (Å²) in [4.78, 5) is 13.4. The van der Waals surface area contributed by atoms with Gasteiger partial charge in [-0.1, -0.05) is 60.3 Å². The summed E-state index contributed by atoms with van der Waals surface area (Å²) in [7, 11) is 0. The van der Waals surface area contributed by atoms with Gasteiger partial charge in [0.15, 0.2) is 5.82 Å². The molecule has 0 unspecified atom stereocenters. The van der Waals surface area contributed by atoms with Crippen molar-refractivity contribution >= 4 is 23.4 Å². The first-order chi connectivity index (χ1) is 17.2. The highest BCUT2D eigenvalue weighted by atomic mass is 32.2. The first-order valence-corrected chi connectivity index (χ1v) is 12.2. The Balaban J connectivity index is 1.37. The predicted octanol–water partition coefficient (Wildman–Crippen LogP) is 4.65. The molecule has 0 saturated carbocycles. The Kier molecular flexibility index (Phi) is 6.85. The fourth-order valence-electron chi connectivity index (χ4n) is 3.78. The number of hydrogen-bond acceptors (Lipinski definition) is 7. The Morgan fingerprint density at radius 1 is 0.943 bits per heavy atom. The Hall–Kier alpha value is -3.98. The minimum atomic E-state index is -0.469. The van der Waals surface area contributed by atoms with E-state index in [-0.39, 0.29) is 18.6 Å². The molecule has 9 heteroatoms. The number of rotatable bonds is 8. The van der Waals surface area contributed by atoms with Crippen molar-refractivity contribution in [3.05, 3.63) is 96.3 Å². The molecule has 0 spiro atoms. The number of carbonyl (C=O) groups excluding carboxylic acids is 1. The number of thioether (sulfide) groups is 1. The van der Waals surface area contributed by atoms with Crippen LogP contribution in [0, 0.1) is 0 Å². The van der Waals surface area contributed by atoms with Crippen LogP contribution in [0.5, 0.6) is 11.5 Å². The number of anilines is 1. The molecule has 2 atom stereocenters. The molecule has 0 radical (unpaired) electrons. The Labute approximate surface area is 207 Å². The normalized spacial score (nSPS) is 16.6. The lowest BCUT2D eigenvalue weighted by atomic mass is 10.0. The summed E-state index contributed by atoms with van der Waals surface area (Å²) in [6, 6.07) is 26.5. The third-order valence-corrected chi connectivity index (χ3v) is 6.68. The third kappa shape index (κ3) is 5.25. The summed E-state index contributed by atoms with van der Waals surface area (Å²) in [5.41, 5.74) is 5.14. The Morgan fingerprint density at radius 3 is 2.34 bits per heavy atom. The number of nitrogens with zero attached hydrogens (tertiary/aromatic N) is 3. The second kappa shape index (κ2) is 10.5. The zero-order valence-electron chi connectivity index (χ0n) is 19.1. The average molecular weight is 488 g/mol. The van der Waals surface area contributed by atoms with Gasteiger partial charge in [-0.15, -0.1) is 10.2 Å². The van der Waals surface area contributed by atoms with Crippen molar-refractivity contribution < 1.29 is 14.3 Å². The molecule has 8 nitrogen and oxygen atoms in total. The van der Waals surface area contributed by atoms with E-state index in [0.29, 0.717) is 23.3 Å². The molecule has 0 saturated heterocycles. The number of aromatic nitrogens is 3. The van der Waals surface area contributed by atoms with Gasteiger partial charge in [-0.25, -0.2) is 4.68 Å². The van der Waals surface area contributed by atoms with Crippen LogP contribution in [-0.2, 0) is 11.4 Å². The number of nitrogens with one attached hydrogen (secondary N) is 2. The third-order valence-electron chi connectivity index (χ3n) is 5.46. The van der Waals surface area contributed by atoms with E-state index < -0.39 is 5.25 Å². The summed E-state index contributed by atoms with van der Waals surface area (Å²) in [5, 5.41) is 11.8. The van der Waals surface area contributed by atoms with Crippen molar-refractivity contribution in [1.29, 1.82) is 0 Å². The van der Waals surface area contributed by atoms with Crippen molar-refractivity contribution in [2.24, 2.45) is 0 Å². The number of amides is 1. The molecule has 4 aromatic rings. The van der Waals surface area contributed by atoms with Gasteiger partial charge in [0.2, 0.25) is 11.1 Å². The Morgan fingerprint density at radius 2 is 1.63 bits per heavy atom. The number of para-hydroxylation sites is 1. The largest absolute Gasteiger partial charge is 0.494 e. The zero-order chi connectivity index (χ0) is 24.0. The zero-order valence-corrected chi connectivity index (χ0v) is 19.9. The molecule has 35 heavy (non-hydrogen) atoms.